The molecule has 3 rings (SSSR count). The maximum atomic E-state index is 12.7. The number of aromatic nitrogens is 2. The summed E-state index contributed by atoms with van der Waals surface area (Å²) in [7, 11) is 3.67. The number of hydrogen-bond donors (Lipinski definition) is 0. The Bertz CT molecular complexity index is 913. The van der Waals surface area contributed by atoms with E-state index in [9.17, 15) is 4.79 Å². The van der Waals surface area contributed by atoms with Gasteiger partial charge in [0.05, 0.1) is 5.39 Å². The number of rotatable bonds is 3. The third kappa shape index (κ3) is 2.63. The van der Waals surface area contributed by atoms with Crippen LogP contribution in [0, 0.1) is 0 Å². The Hall–Kier alpha value is -2.18. The van der Waals surface area contributed by atoms with Gasteiger partial charge in [0.1, 0.15) is 17.5 Å². The molecule has 2 heterocycles. The number of nitrogens with zero attached hydrogens (tertiary/aromatic N) is 4. The molecular formula is C15H13ClN4OS. The molecule has 0 unspecified atom stereocenters. The Balaban J connectivity index is 2.24. The van der Waals surface area contributed by atoms with Crippen molar-refractivity contribution in [2.24, 2.45) is 5.10 Å². The fourth-order valence-corrected chi connectivity index (χ4v) is 3.18. The van der Waals surface area contributed by atoms with Gasteiger partial charge >= 0.3 is 0 Å². The fourth-order valence-electron chi connectivity index (χ4n) is 2.04. The van der Waals surface area contributed by atoms with Crippen LogP contribution in [0.1, 0.15) is 0 Å². The zero-order valence-corrected chi connectivity index (χ0v) is 13.6. The van der Waals surface area contributed by atoms with Gasteiger partial charge in [-0.25, -0.2) is 4.98 Å². The van der Waals surface area contributed by atoms with Crippen LogP contribution >= 0.6 is 22.9 Å². The quantitative estimate of drug-likeness (QED) is 0.547. The molecule has 0 aliphatic carbocycles. The maximum absolute atomic E-state index is 12.7. The number of thiophene rings is 1. The minimum absolute atomic E-state index is 0.209. The largest absolute Gasteiger partial charge is 0.367 e. The van der Waals surface area contributed by atoms with Gasteiger partial charge in [-0.05, 0) is 6.07 Å². The molecule has 112 valence electrons. The van der Waals surface area contributed by atoms with E-state index in [4.69, 9.17) is 11.6 Å². The van der Waals surface area contributed by atoms with Crippen LogP contribution in [0.3, 0.4) is 0 Å². The average Bonchev–Trinajstić information content (AvgIpc) is 2.91. The van der Waals surface area contributed by atoms with E-state index in [0.29, 0.717) is 15.2 Å². The lowest BCUT2D eigenvalue weighted by Gasteiger charge is -2.05. The van der Waals surface area contributed by atoms with Crippen molar-refractivity contribution < 1.29 is 0 Å². The summed E-state index contributed by atoms with van der Waals surface area (Å²) in [5.74, 6) is 0. The van der Waals surface area contributed by atoms with Crippen molar-refractivity contribution >= 4 is 39.5 Å². The molecule has 2 aromatic heterocycles. The Morgan fingerprint density at radius 3 is 2.82 bits per heavy atom. The lowest BCUT2D eigenvalue weighted by atomic mass is 10.1. The zero-order chi connectivity index (χ0) is 15.7. The molecule has 7 heteroatoms. The molecule has 0 saturated carbocycles. The van der Waals surface area contributed by atoms with Crippen molar-refractivity contribution in [1.29, 1.82) is 0 Å². The molecular weight excluding hydrogens is 320 g/mol. The summed E-state index contributed by atoms with van der Waals surface area (Å²) in [4.78, 5) is 19.4. The van der Waals surface area contributed by atoms with E-state index in [1.165, 1.54) is 22.3 Å². The van der Waals surface area contributed by atoms with E-state index >= 15 is 0 Å². The summed E-state index contributed by atoms with van der Waals surface area (Å²) < 4.78 is 1.23. The van der Waals surface area contributed by atoms with Crippen LogP contribution in [0.5, 0.6) is 0 Å². The summed E-state index contributed by atoms with van der Waals surface area (Å²) in [6.07, 6.45) is 2.98. The maximum Gasteiger partial charge on any atom is 0.283 e. The molecule has 0 bridgehead atoms. The van der Waals surface area contributed by atoms with E-state index in [0.717, 1.165) is 11.1 Å². The van der Waals surface area contributed by atoms with Crippen LogP contribution in [0.15, 0.2) is 45.9 Å². The predicted molar refractivity (Wildman–Crippen MR) is 91.9 cm³/mol. The van der Waals surface area contributed by atoms with Gasteiger partial charge in [-0.2, -0.15) is 9.78 Å². The predicted octanol–water partition coefficient (Wildman–Crippen LogP) is 3.13. The highest BCUT2D eigenvalue weighted by Gasteiger charge is 2.14. The van der Waals surface area contributed by atoms with E-state index in [-0.39, 0.29) is 5.56 Å². The highest BCUT2D eigenvalue weighted by atomic mass is 35.5. The summed E-state index contributed by atoms with van der Waals surface area (Å²) in [6, 6.07) is 7.45. The molecule has 0 atom stereocenters. The number of fused-ring (bicyclic) bond motifs is 1. The van der Waals surface area contributed by atoms with Crippen LogP contribution in [0.2, 0.25) is 5.02 Å². The first-order valence-electron chi connectivity index (χ1n) is 6.52. The van der Waals surface area contributed by atoms with Crippen molar-refractivity contribution in [1.82, 2.24) is 14.6 Å². The van der Waals surface area contributed by atoms with Gasteiger partial charge in [-0.15, -0.1) is 11.3 Å². The number of halogens is 1. The molecule has 5 nitrogen and oxygen atoms in total. The van der Waals surface area contributed by atoms with Gasteiger partial charge in [0, 0.05) is 35.6 Å². The topological polar surface area (TPSA) is 50.5 Å². The smallest absolute Gasteiger partial charge is 0.283 e. The van der Waals surface area contributed by atoms with Crippen molar-refractivity contribution in [2.75, 3.05) is 14.1 Å². The first-order chi connectivity index (χ1) is 10.6. The van der Waals surface area contributed by atoms with Crippen molar-refractivity contribution in [3.05, 3.63) is 51.3 Å². The summed E-state index contributed by atoms with van der Waals surface area (Å²) in [6.45, 7) is 0. The zero-order valence-electron chi connectivity index (χ0n) is 12.0. The van der Waals surface area contributed by atoms with Gasteiger partial charge in [-0.3, -0.25) is 4.79 Å². The van der Waals surface area contributed by atoms with Crippen molar-refractivity contribution in [2.45, 2.75) is 0 Å². The molecule has 22 heavy (non-hydrogen) atoms. The second-order valence-electron chi connectivity index (χ2n) is 4.90. The molecule has 0 spiro atoms. The van der Waals surface area contributed by atoms with Gasteiger partial charge in [0.25, 0.3) is 5.56 Å². The van der Waals surface area contributed by atoms with E-state index < -0.39 is 0 Å². The Morgan fingerprint density at radius 2 is 2.09 bits per heavy atom. The van der Waals surface area contributed by atoms with Gasteiger partial charge < -0.3 is 4.90 Å². The molecule has 0 aliphatic heterocycles. The monoisotopic (exact) mass is 332 g/mol. The molecule has 0 saturated heterocycles. The molecule has 1 aromatic carbocycles. The SMILES string of the molecule is CN(C)/C=N/n1cnc2scc(-c3ccccc3Cl)c2c1=O. The molecule has 0 N–H and O–H groups in total. The van der Waals surface area contributed by atoms with Crippen LogP contribution < -0.4 is 5.56 Å². The molecule has 0 aliphatic rings. The van der Waals surface area contributed by atoms with Crippen LogP contribution in [-0.4, -0.2) is 35.0 Å². The summed E-state index contributed by atoms with van der Waals surface area (Å²) >= 11 is 7.67. The Morgan fingerprint density at radius 1 is 1.32 bits per heavy atom. The van der Waals surface area contributed by atoms with Gasteiger partial charge in [-0.1, -0.05) is 29.8 Å². The standard InChI is InChI=1S/C15H13ClN4OS/c1-19(2)9-18-20-8-17-14-13(15(20)21)11(7-22-14)10-5-3-4-6-12(10)16/h3-9H,1-2H3/b18-9+. The summed E-state index contributed by atoms with van der Waals surface area (Å²) in [5, 5.41) is 7.15. The molecule has 0 amide bonds. The van der Waals surface area contributed by atoms with Gasteiger partial charge in [0.2, 0.25) is 0 Å². The third-order valence-corrected chi connectivity index (χ3v) is 4.26. The van der Waals surface area contributed by atoms with Crippen LogP contribution in [-0.2, 0) is 0 Å². The minimum Gasteiger partial charge on any atom is -0.367 e. The first kappa shape index (κ1) is 14.7. The molecule has 0 fully saturated rings. The average molecular weight is 333 g/mol. The van der Waals surface area contributed by atoms with Crippen molar-refractivity contribution in [3.8, 4) is 11.1 Å². The second-order valence-corrected chi connectivity index (χ2v) is 6.16. The Labute approximate surface area is 136 Å². The highest BCUT2D eigenvalue weighted by molar-refractivity contribution is 7.17. The van der Waals surface area contributed by atoms with E-state index in [1.807, 2.05) is 37.7 Å². The van der Waals surface area contributed by atoms with E-state index in [1.54, 1.807) is 17.3 Å². The first-order valence-corrected chi connectivity index (χ1v) is 7.78. The third-order valence-electron chi connectivity index (χ3n) is 3.05. The molecule has 0 radical (unpaired) electrons. The van der Waals surface area contributed by atoms with Crippen LogP contribution in [0.4, 0.5) is 0 Å². The summed E-state index contributed by atoms with van der Waals surface area (Å²) in [5.41, 5.74) is 1.40. The fraction of sp³-hybridized carbons (Fsp3) is 0.133. The molecule has 3 aromatic rings. The van der Waals surface area contributed by atoms with E-state index in [2.05, 4.69) is 10.1 Å². The lowest BCUT2D eigenvalue weighted by Crippen LogP contribution is -2.19. The lowest BCUT2D eigenvalue weighted by molar-refractivity contribution is 0.629. The second kappa shape index (κ2) is 5.90. The normalized spacial score (nSPS) is 11.4. The van der Waals surface area contributed by atoms with Gasteiger partial charge in [0.15, 0.2) is 0 Å². The Kier molecular flexibility index (Phi) is 3.96. The van der Waals surface area contributed by atoms with Crippen LogP contribution in [0.25, 0.3) is 21.3 Å². The highest BCUT2D eigenvalue weighted by Crippen LogP contribution is 2.34. The van der Waals surface area contributed by atoms with Crippen molar-refractivity contribution in [3.63, 3.8) is 0 Å². The minimum atomic E-state index is -0.209. The number of benzene rings is 1. The number of hydrogen-bond acceptors (Lipinski definition) is 4.